The van der Waals surface area contributed by atoms with Crippen molar-refractivity contribution in [3.63, 3.8) is 0 Å². The van der Waals surface area contributed by atoms with Gasteiger partial charge in [0, 0.05) is 9.89 Å². The lowest BCUT2D eigenvalue weighted by Gasteiger charge is -2.39. The molecule has 2 saturated carbocycles. The van der Waals surface area contributed by atoms with Crippen molar-refractivity contribution < 1.29 is 9.53 Å². The second-order valence-corrected chi connectivity index (χ2v) is 7.93. The Bertz CT molecular complexity index is 552. The Labute approximate surface area is 129 Å². The summed E-state index contributed by atoms with van der Waals surface area (Å²) in [5.41, 5.74) is 1.17. The minimum Gasteiger partial charge on any atom is -0.489 e. The van der Waals surface area contributed by atoms with Gasteiger partial charge in [0.2, 0.25) is 0 Å². The molecule has 3 atom stereocenters. The van der Waals surface area contributed by atoms with E-state index < -0.39 is 0 Å². The average molecular weight is 337 g/mol. The zero-order chi connectivity index (χ0) is 14.5. The molecule has 0 amide bonds. The monoisotopic (exact) mass is 336 g/mol. The van der Waals surface area contributed by atoms with Gasteiger partial charge in [-0.25, -0.2) is 0 Å². The van der Waals surface area contributed by atoms with Crippen molar-refractivity contribution in [2.45, 2.75) is 46.1 Å². The fourth-order valence-corrected chi connectivity index (χ4v) is 4.56. The molecule has 1 aromatic carbocycles. The van der Waals surface area contributed by atoms with Gasteiger partial charge < -0.3 is 4.74 Å². The predicted molar refractivity (Wildman–Crippen MR) is 83.2 cm³/mol. The lowest BCUT2D eigenvalue weighted by Crippen LogP contribution is -2.39. The zero-order valence-electron chi connectivity index (χ0n) is 12.3. The van der Waals surface area contributed by atoms with Crippen LogP contribution in [0.2, 0.25) is 0 Å². The van der Waals surface area contributed by atoms with Crippen LogP contribution in [0.1, 0.15) is 50.4 Å². The number of aldehydes is 1. The van der Waals surface area contributed by atoms with Crippen LogP contribution in [0.25, 0.3) is 0 Å². The summed E-state index contributed by atoms with van der Waals surface area (Å²) in [6.45, 7) is 7.09. The molecule has 2 aliphatic carbocycles. The molecule has 2 aliphatic rings. The van der Waals surface area contributed by atoms with Gasteiger partial charge in [-0.05, 0) is 48.8 Å². The third kappa shape index (κ3) is 1.86. The summed E-state index contributed by atoms with van der Waals surface area (Å²) in [5.74, 6) is 1.46. The molecule has 2 fully saturated rings. The molecule has 0 saturated heterocycles. The molecule has 0 N–H and O–H groups in total. The highest BCUT2D eigenvalue weighted by molar-refractivity contribution is 9.10. The van der Waals surface area contributed by atoms with Crippen molar-refractivity contribution in [1.82, 2.24) is 0 Å². The van der Waals surface area contributed by atoms with E-state index in [0.29, 0.717) is 11.0 Å². The number of ether oxygens (including phenoxy) is 1. The van der Waals surface area contributed by atoms with Crippen LogP contribution in [0, 0.1) is 16.7 Å². The molecule has 1 aromatic rings. The maximum Gasteiger partial charge on any atom is 0.153 e. The lowest BCUT2D eigenvalue weighted by molar-refractivity contribution is 0.0297. The maximum atomic E-state index is 11.2. The summed E-state index contributed by atoms with van der Waals surface area (Å²) < 4.78 is 7.18. The van der Waals surface area contributed by atoms with E-state index in [-0.39, 0.29) is 11.5 Å². The summed E-state index contributed by atoms with van der Waals surface area (Å²) in [6.07, 6.45) is 4.74. The Morgan fingerprint density at radius 1 is 1.35 bits per heavy atom. The minimum absolute atomic E-state index is 0.213. The summed E-state index contributed by atoms with van der Waals surface area (Å²) in [4.78, 5) is 11.2. The summed E-state index contributed by atoms with van der Waals surface area (Å²) in [5, 5.41) is 0. The van der Waals surface area contributed by atoms with Crippen molar-refractivity contribution in [1.29, 1.82) is 0 Å². The van der Waals surface area contributed by atoms with Gasteiger partial charge in [0.15, 0.2) is 6.29 Å². The van der Waals surface area contributed by atoms with Gasteiger partial charge in [-0.3, -0.25) is 4.79 Å². The van der Waals surface area contributed by atoms with Crippen LogP contribution in [0.3, 0.4) is 0 Å². The molecule has 0 aromatic heterocycles. The second kappa shape index (κ2) is 4.59. The number of rotatable bonds is 3. The molecule has 2 bridgehead atoms. The largest absolute Gasteiger partial charge is 0.489 e. The summed E-state index contributed by atoms with van der Waals surface area (Å²) >= 11 is 3.40. The van der Waals surface area contributed by atoms with Crippen LogP contribution < -0.4 is 4.74 Å². The molecule has 0 heterocycles. The zero-order valence-corrected chi connectivity index (χ0v) is 13.9. The van der Waals surface area contributed by atoms with Gasteiger partial charge in [0.1, 0.15) is 11.9 Å². The van der Waals surface area contributed by atoms with E-state index in [1.165, 1.54) is 12.8 Å². The van der Waals surface area contributed by atoms with Gasteiger partial charge in [-0.15, -0.1) is 0 Å². The fraction of sp³-hybridized carbons (Fsp3) is 0.588. The van der Waals surface area contributed by atoms with Crippen molar-refractivity contribution in [3.8, 4) is 5.75 Å². The molecule has 0 aliphatic heterocycles. The van der Waals surface area contributed by atoms with Crippen LogP contribution in [0.5, 0.6) is 5.75 Å². The highest BCUT2D eigenvalue weighted by Gasteiger charge is 2.62. The third-order valence-corrected chi connectivity index (χ3v) is 6.58. The minimum atomic E-state index is 0.213. The maximum absolute atomic E-state index is 11.2. The molecule has 20 heavy (non-hydrogen) atoms. The number of benzene rings is 1. The molecule has 108 valence electrons. The van der Waals surface area contributed by atoms with Gasteiger partial charge in [0.25, 0.3) is 0 Å². The van der Waals surface area contributed by atoms with E-state index >= 15 is 0 Å². The molecular formula is C17H21BrO2. The van der Waals surface area contributed by atoms with Gasteiger partial charge in [-0.2, -0.15) is 0 Å². The number of halogens is 1. The molecule has 3 rings (SSSR count). The Morgan fingerprint density at radius 2 is 2.10 bits per heavy atom. The number of carbonyl (C=O) groups excluding carboxylic acids is 1. The van der Waals surface area contributed by atoms with Crippen LogP contribution in [-0.4, -0.2) is 12.4 Å². The average Bonchev–Trinajstić information content (AvgIpc) is 2.74. The molecule has 3 heteroatoms. The summed E-state index contributed by atoms with van der Waals surface area (Å²) in [7, 11) is 0. The Kier molecular flexibility index (Phi) is 3.24. The highest BCUT2D eigenvalue weighted by Crippen LogP contribution is 2.66. The topological polar surface area (TPSA) is 26.3 Å². The van der Waals surface area contributed by atoms with E-state index in [1.807, 2.05) is 18.2 Å². The van der Waals surface area contributed by atoms with Gasteiger partial charge >= 0.3 is 0 Å². The molecular weight excluding hydrogens is 316 g/mol. The number of carbonyl (C=O) groups is 1. The molecule has 0 radical (unpaired) electrons. The molecule has 0 spiro atoms. The lowest BCUT2D eigenvalue weighted by atomic mass is 9.70. The quantitative estimate of drug-likeness (QED) is 0.737. The Hall–Kier alpha value is -0.830. The van der Waals surface area contributed by atoms with Crippen LogP contribution >= 0.6 is 15.9 Å². The third-order valence-electron chi connectivity index (χ3n) is 6.08. The summed E-state index contributed by atoms with van der Waals surface area (Å²) in [6, 6.07) is 5.65. The van der Waals surface area contributed by atoms with Gasteiger partial charge in [-0.1, -0.05) is 36.7 Å². The fourth-order valence-electron chi connectivity index (χ4n) is 4.18. The first-order chi connectivity index (χ1) is 9.38. The smallest absolute Gasteiger partial charge is 0.153 e. The van der Waals surface area contributed by atoms with E-state index in [0.717, 1.165) is 28.8 Å². The van der Waals surface area contributed by atoms with Crippen LogP contribution in [0.4, 0.5) is 0 Å². The van der Waals surface area contributed by atoms with Crippen molar-refractivity contribution >= 4 is 22.2 Å². The number of hydrogen-bond donors (Lipinski definition) is 0. The van der Waals surface area contributed by atoms with Crippen molar-refractivity contribution in [2.75, 3.05) is 0 Å². The number of fused-ring (bicyclic) bond motifs is 2. The molecule has 3 unspecified atom stereocenters. The van der Waals surface area contributed by atoms with Crippen molar-refractivity contribution in [3.05, 3.63) is 28.2 Å². The predicted octanol–water partition coefficient (Wildman–Crippen LogP) is 4.86. The normalized spacial score (nSPS) is 34.2. The van der Waals surface area contributed by atoms with E-state index in [2.05, 4.69) is 36.7 Å². The first-order valence-corrected chi connectivity index (χ1v) is 8.09. The Balaban J connectivity index is 1.89. The van der Waals surface area contributed by atoms with E-state index in [1.54, 1.807) is 0 Å². The van der Waals surface area contributed by atoms with Crippen LogP contribution in [-0.2, 0) is 0 Å². The SMILES string of the molecule is CC1(C)C2CCC1(C)C(Oc1ccc(Br)cc1C=O)C2. The number of hydrogen-bond acceptors (Lipinski definition) is 2. The first-order valence-electron chi connectivity index (χ1n) is 7.30. The molecule has 2 nitrogen and oxygen atoms in total. The van der Waals surface area contributed by atoms with Crippen molar-refractivity contribution in [2.24, 2.45) is 16.7 Å². The highest BCUT2D eigenvalue weighted by atomic mass is 79.9. The van der Waals surface area contributed by atoms with Crippen LogP contribution in [0.15, 0.2) is 22.7 Å². The van der Waals surface area contributed by atoms with Gasteiger partial charge in [0.05, 0.1) is 5.56 Å². The van der Waals surface area contributed by atoms with E-state index in [4.69, 9.17) is 4.74 Å². The van der Waals surface area contributed by atoms with E-state index in [9.17, 15) is 4.79 Å². The second-order valence-electron chi connectivity index (χ2n) is 7.02. The Morgan fingerprint density at radius 3 is 2.65 bits per heavy atom. The first kappa shape index (κ1) is 14.1. The standard InChI is InChI=1S/C17H21BrO2/c1-16(2)12-6-7-17(16,3)15(9-12)20-14-5-4-13(18)8-11(14)10-19/h4-5,8,10,12,15H,6-7,9H2,1-3H3.